The van der Waals surface area contributed by atoms with Gasteiger partial charge in [0.25, 0.3) is 0 Å². The summed E-state index contributed by atoms with van der Waals surface area (Å²) < 4.78 is 0. The Kier molecular flexibility index (Phi) is 6.65. The van der Waals surface area contributed by atoms with Crippen LogP contribution in [0.15, 0.2) is 54.6 Å². The molecule has 3 nitrogen and oxygen atoms in total. The van der Waals surface area contributed by atoms with Gasteiger partial charge in [-0.05, 0) is 36.5 Å². The van der Waals surface area contributed by atoms with Crippen molar-refractivity contribution < 1.29 is 4.79 Å². The van der Waals surface area contributed by atoms with Gasteiger partial charge in [0.1, 0.15) is 0 Å². The molecule has 0 unspecified atom stereocenters. The third-order valence-corrected chi connectivity index (χ3v) is 3.67. The highest BCUT2D eigenvalue weighted by molar-refractivity contribution is 5.77. The van der Waals surface area contributed by atoms with Gasteiger partial charge in [-0.25, -0.2) is 0 Å². The maximum atomic E-state index is 11.8. The number of nitrogens with one attached hydrogen (secondary N) is 2. The van der Waals surface area contributed by atoms with Crippen molar-refractivity contribution in [1.29, 1.82) is 0 Å². The molecule has 0 aliphatic heterocycles. The lowest BCUT2D eigenvalue weighted by Gasteiger charge is -2.08. The number of benzene rings is 2. The molecule has 0 fully saturated rings. The maximum Gasteiger partial charge on any atom is 0.233 e. The van der Waals surface area contributed by atoms with E-state index in [1.54, 1.807) is 0 Å². The third kappa shape index (κ3) is 5.70. The second-order valence-electron chi connectivity index (χ2n) is 5.47. The molecule has 0 spiro atoms. The smallest absolute Gasteiger partial charge is 0.233 e. The summed E-state index contributed by atoms with van der Waals surface area (Å²) in [4.78, 5) is 11.8. The van der Waals surface area contributed by atoms with E-state index in [-0.39, 0.29) is 5.91 Å². The normalized spacial score (nSPS) is 10.4. The van der Waals surface area contributed by atoms with E-state index in [1.165, 1.54) is 16.7 Å². The van der Waals surface area contributed by atoms with E-state index >= 15 is 0 Å². The fraction of sp³-hybridized carbons (Fsp3) is 0.316. The van der Waals surface area contributed by atoms with Gasteiger partial charge in [-0.3, -0.25) is 4.79 Å². The van der Waals surface area contributed by atoms with Crippen LogP contribution in [0, 0.1) is 6.92 Å². The Labute approximate surface area is 132 Å². The van der Waals surface area contributed by atoms with Gasteiger partial charge in [0, 0.05) is 13.1 Å². The number of hydrogen-bond acceptors (Lipinski definition) is 2. The maximum absolute atomic E-state index is 11.8. The number of rotatable bonds is 8. The number of carbonyl (C=O) groups is 1. The summed E-state index contributed by atoms with van der Waals surface area (Å²) in [5.74, 6) is 0.0571. The van der Waals surface area contributed by atoms with Gasteiger partial charge in [-0.2, -0.15) is 0 Å². The Balaban J connectivity index is 1.57. The fourth-order valence-corrected chi connectivity index (χ4v) is 2.35. The Bertz CT molecular complexity index is 581. The van der Waals surface area contributed by atoms with Crippen LogP contribution in [0.5, 0.6) is 0 Å². The number of aryl methyl sites for hydroxylation is 2. The summed E-state index contributed by atoms with van der Waals surface area (Å²) in [6, 6.07) is 18.6. The Hall–Kier alpha value is -2.13. The molecule has 0 bridgehead atoms. The average Bonchev–Trinajstić information content (AvgIpc) is 2.54. The van der Waals surface area contributed by atoms with Crippen molar-refractivity contribution in [2.75, 3.05) is 13.1 Å². The average molecular weight is 296 g/mol. The van der Waals surface area contributed by atoms with Crippen LogP contribution in [0.3, 0.4) is 0 Å². The van der Waals surface area contributed by atoms with E-state index < -0.39 is 0 Å². The van der Waals surface area contributed by atoms with Crippen LogP contribution in [-0.2, 0) is 17.8 Å². The van der Waals surface area contributed by atoms with Gasteiger partial charge >= 0.3 is 0 Å². The monoisotopic (exact) mass is 296 g/mol. The van der Waals surface area contributed by atoms with E-state index in [4.69, 9.17) is 0 Å². The molecule has 0 aliphatic carbocycles. The van der Waals surface area contributed by atoms with E-state index in [2.05, 4.69) is 41.8 Å². The zero-order chi connectivity index (χ0) is 15.6. The van der Waals surface area contributed by atoms with Crippen molar-refractivity contribution >= 4 is 5.91 Å². The molecule has 3 heteroatoms. The van der Waals surface area contributed by atoms with Gasteiger partial charge in [-0.1, -0.05) is 54.6 Å². The number of hydrogen-bond donors (Lipinski definition) is 2. The van der Waals surface area contributed by atoms with Crippen molar-refractivity contribution in [3.63, 3.8) is 0 Å². The van der Waals surface area contributed by atoms with Gasteiger partial charge in [-0.15, -0.1) is 0 Å². The van der Waals surface area contributed by atoms with Crippen LogP contribution < -0.4 is 10.6 Å². The van der Waals surface area contributed by atoms with Crippen molar-refractivity contribution in [3.05, 3.63) is 71.3 Å². The van der Waals surface area contributed by atoms with Crippen molar-refractivity contribution in [2.45, 2.75) is 26.3 Å². The van der Waals surface area contributed by atoms with Crippen molar-refractivity contribution in [1.82, 2.24) is 10.6 Å². The van der Waals surface area contributed by atoms with Crippen molar-refractivity contribution in [3.8, 4) is 0 Å². The van der Waals surface area contributed by atoms with E-state index in [0.717, 1.165) is 25.9 Å². The molecule has 1 amide bonds. The highest BCUT2D eigenvalue weighted by atomic mass is 16.1. The molecule has 22 heavy (non-hydrogen) atoms. The Morgan fingerprint density at radius 1 is 1.00 bits per heavy atom. The van der Waals surface area contributed by atoms with Gasteiger partial charge in [0.05, 0.1) is 6.54 Å². The first-order valence-electron chi connectivity index (χ1n) is 7.81. The lowest BCUT2D eigenvalue weighted by atomic mass is 10.1. The summed E-state index contributed by atoms with van der Waals surface area (Å²) >= 11 is 0. The predicted octanol–water partition coefficient (Wildman–Crippen LogP) is 2.83. The number of carbonyl (C=O) groups excluding carboxylic acids is 1. The predicted molar refractivity (Wildman–Crippen MR) is 90.7 cm³/mol. The molecule has 0 aromatic heterocycles. The minimum atomic E-state index is 0.0571. The van der Waals surface area contributed by atoms with E-state index in [1.807, 2.05) is 30.3 Å². The van der Waals surface area contributed by atoms with E-state index in [0.29, 0.717) is 6.54 Å². The zero-order valence-electron chi connectivity index (χ0n) is 13.1. The van der Waals surface area contributed by atoms with Crippen LogP contribution in [0.1, 0.15) is 23.1 Å². The SMILES string of the molecule is Cc1ccccc1CNCC(=O)NCCCc1ccccc1. The minimum absolute atomic E-state index is 0.0571. The fourth-order valence-electron chi connectivity index (χ4n) is 2.35. The molecular formula is C19H24N2O. The lowest BCUT2D eigenvalue weighted by Crippen LogP contribution is -2.34. The topological polar surface area (TPSA) is 41.1 Å². The summed E-state index contributed by atoms with van der Waals surface area (Å²) in [6.07, 6.45) is 1.96. The van der Waals surface area contributed by atoms with Crippen LogP contribution in [-0.4, -0.2) is 19.0 Å². The minimum Gasteiger partial charge on any atom is -0.355 e. The molecule has 0 aliphatic rings. The Morgan fingerprint density at radius 3 is 2.50 bits per heavy atom. The second-order valence-corrected chi connectivity index (χ2v) is 5.47. The van der Waals surface area contributed by atoms with Crippen LogP contribution >= 0.6 is 0 Å². The van der Waals surface area contributed by atoms with Crippen molar-refractivity contribution in [2.24, 2.45) is 0 Å². The first-order chi connectivity index (χ1) is 10.8. The summed E-state index contributed by atoms with van der Waals surface area (Å²) in [6.45, 7) is 3.89. The highest BCUT2D eigenvalue weighted by Crippen LogP contribution is 2.05. The summed E-state index contributed by atoms with van der Waals surface area (Å²) in [5, 5.41) is 6.14. The Morgan fingerprint density at radius 2 is 1.73 bits per heavy atom. The zero-order valence-corrected chi connectivity index (χ0v) is 13.1. The molecule has 2 aromatic carbocycles. The standard InChI is InChI=1S/C19H24N2O/c1-16-8-5-6-12-18(16)14-20-15-19(22)21-13-7-11-17-9-3-2-4-10-17/h2-6,8-10,12,20H,7,11,13-15H2,1H3,(H,21,22). The summed E-state index contributed by atoms with van der Waals surface area (Å²) in [5.41, 5.74) is 3.80. The van der Waals surface area contributed by atoms with Crippen LogP contribution in [0.4, 0.5) is 0 Å². The molecule has 2 rings (SSSR count). The largest absolute Gasteiger partial charge is 0.355 e. The quantitative estimate of drug-likeness (QED) is 0.736. The molecule has 0 atom stereocenters. The summed E-state index contributed by atoms with van der Waals surface area (Å²) in [7, 11) is 0. The molecule has 0 heterocycles. The molecule has 116 valence electrons. The van der Waals surface area contributed by atoms with Crippen LogP contribution in [0.25, 0.3) is 0 Å². The first-order valence-corrected chi connectivity index (χ1v) is 7.81. The van der Waals surface area contributed by atoms with E-state index in [9.17, 15) is 4.79 Å². The second kappa shape index (κ2) is 9.00. The number of amides is 1. The molecule has 0 saturated carbocycles. The molecule has 2 N–H and O–H groups in total. The molecule has 2 aromatic rings. The molecular weight excluding hydrogens is 272 g/mol. The molecule has 0 radical (unpaired) electrons. The van der Waals surface area contributed by atoms with Gasteiger partial charge in [0.15, 0.2) is 0 Å². The highest BCUT2D eigenvalue weighted by Gasteiger charge is 2.01. The first kappa shape index (κ1) is 16.2. The third-order valence-electron chi connectivity index (χ3n) is 3.67. The molecule has 0 saturated heterocycles. The lowest BCUT2D eigenvalue weighted by molar-refractivity contribution is -0.120. The van der Waals surface area contributed by atoms with Crippen LogP contribution in [0.2, 0.25) is 0 Å². The van der Waals surface area contributed by atoms with Gasteiger partial charge in [0.2, 0.25) is 5.91 Å². The van der Waals surface area contributed by atoms with Gasteiger partial charge < -0.3 is 10.6 Å².